The van der Waals surface area contributed by atoms with Gasteiger partial charge >= 0.3 is 0 Å². The lowest BCUT2D eigenvalue weighted by atomic mass is 10.0. The molecular formula is C82H69Br2N5O2S2. The zero-order valence-corrected chi connectivity index (χ0v) is 56.6. The fourth-order valence-corrected chi connectivity index (χ4v) is 13.1. The number of hydrogen-bond acceptors (Lipinski definition) is 8. The molecular weight excluding hydrogens is 1310 g/mol. The van der Waals surface area contributed by atoms with Gasteiger partial charge in [0.15, 0.2) is 11.6 Å². The molecule has 460 valence electrons. The Morgan fingerprint density at radius 1 is 0.505 bits per heavy atom. The Balaban J connectivity index is 0.000000134. The highest BCUT2D eigenvalue weighted by molar-refractivity contribution is 9.09. The summed E-state index contributed by atoms with van der Waals surface area (Å²) in [5.74, 6) is 0.246. The number of alkyl halides is 1. The number of benzene rings is 12. The van der Waals surface area contributed by atoms with Crippen molar-refractivity contribution in [2.24, 2.45) is 12.0 Å². The average Bonchev–Trinajstić information content (AvgIpc) is 1.43. The Kier molecular flexibility index (Phi) is 25.1. The molecule has 0 radical (unpaired) electrons. The second kappa shape index (κ2) is 34.5. The number of nitrogens with zero attached hydrogens (tertiary/aromatic N) is 4. The molecule has 0 saturated heterocycles. The minimum atomic E-state index is 0. The molecule has 93 heavy (non-hydrogen) atoms. The third kappa shape index (κ3) is 18.0. The van der Waals surface area contributed by atoms with Crippen molar-refractivity contribution in [1.29, 1.82) is 0 Å². The van der Waals surface area contributed by atoms with Crippen LogP contribution in [0.15, 0.2) is 344 Å². The van der Waals surface area contributed by atoms with Gasteiger partial charge in [-0.2, -0.15) is 4.57 Å². The third-order valence-corrected chi connectivity index (χ3v) is 18.2. The standard InChI is InChI=1S/C19H16N2.C19H13N.C14H13NS.C14H12NS.C8H7BrO.C8H8O.BrH/c20-17-13-7-8-14-18(17)21-19(15-9-3-1-4-10-15)16-11-5-2-6-12-16;1-2-8-14(9-3-1)19-17-12-5-4-10-15(17)16-11-6-7-13-18(16)20-19;2*1-15-12-9-5-6-10-13(12)16-14(15)11-7-3-2-4-8-11;9-6-8(10)7-4-2-1-3-5-7;1-7(9)8-5-3-2-4-6-8;/h1-14H,20H2;1-13H;2-10,14H,1H3;2-10H,1H3;1-5H,6H2;2-6H,1H3;1H/q;;;+1;;;/p-1. The zero-order chi connectivity index (χ0) is 63.9. The van der Waals surface area contributed by atoms with Gasteiger partial charge in [0.05, 0.1) is 44.9 Å². The number of thiazole rings is 1. The van der Waals surface area contributed by atoms with Crippen molar-refractivity contribution in [1.82, 2.24) is 4.98 Å². The van der Waals surface area contributed by atoms with Crippen LogP contribution in [0.1, 0.15) is 49.7 Å². The minimum absolute atomic E-state index is 0. The number of halogens is 2. The van der Waals surface area contributed by atoms with Crippen molar-refractivity contribution < 1.29 is 31.1 Å². The summed E-state index contributed by atoms with van der Waals surface area (Å²) in [6, 6.07) is 112. The normalized spacial score (nSPS) is 11.6. The van der Waals surface area contributed by atoms with E-state index in [-0.39, 0.29) is 28.5 Å². The maximum Gasteiger partial charge on any atom is 0.269 e. The van der Waals surface area contributed by atoms with E-state index in [2.05, 4.69) is 240 Å². The van der Waals surface area contributed by atoms with Gasteiger partial charge in [-0.15, -0.1) is 0 Å². The van der Waals surface area contributed by atoms with Crippen molar-refractivity contribution in [2.45, 2.75) is 17.2 Å². The van der Waals surface area contributed by atoms with Crippen LogP contribution in [0.2, 0.25) is 0 Å². The van der Waals surface area contributed by atoms with Gasteiger partial charge < -0.3 is 27.6 Å². The van der Waals surface area contributed by atoms with Crippen molar-refractivity contribution >= 4 is 105 Å². The molecule has 3 heterocycles. The SMILES string of the molecule is CC(=O)c1ccccc1.CN1c2ccccc2SC1c1ccccc1.C[n+]1c(-c2ccccc2)sc2ccccc21.Nc1ccccc1N=C(c1ccccc1)c1ccccc1.O=C(CBr)c1ccccc1.[Br-].c1ccc(-c2nc3ccccc3c3ccccc23)cc1. The highest BCUT2D eigenvalue weighted by Gasteiger charge is 2.28. The highest BCUT2D eigenvalue weighted by atomic mass is 79.9. The molecule has 0 aliphatic carbocycles. The maximum absolute atomic E-state index is 11.0. The lowest BCUT2D eigenvalue weighted by Crippen LogP contribution is -3.00. The van der Waals surface area contributed by atoms with Gasteiger partial charge in [-0.3, -0.25) is 9.59 Å². The molecule has 7 nitrogen and oxygen atoms in total. The number of Topliss-reactive ketones (excluding diaryl/α,β-unsaturated/α-hetero) is 2. The van der Waals surface area contributed by atoms with Crippen LogP contribution in [0, 0.1) is 0 Å². The monoisotopic (exact) mass is 1380 g/mol. The summed E-state index contributed by atoms with van der Waals surface area (Å²) in [6.45, 7) is 1.56. The van der Waals surface area contributed by atoms with E-state index in [9.17, 15) is 9.59 Å². The molecule has 11 heteroatoms. The topological polar surface area (TPSA) is 92.5 Å². The molecule has 12 aromatic carbocycles. The Morgan fingerprint density at radius 2 is 0.957 bits per heavy atom. The number of thioether (sulfide) groups is 1. The number of anilines is 2. The molecule has 0 amide bonds. The van der Waals surface area contributed by atoms with E-state index in [0.29, 0.717) is 16.4 Å². The molecule has 1 aliphatic rings. The molecule has 2 aromatic heterocycles. The number of nitrogen functional groups attached to an aromatic ring is 1. The molecule has 1 unspecified atom stereocenters. The Hall–Kier alpha value is -9.88. The van der Waals surface area contributed by atoms with E-state index in [1.807, 2.05) is 157 Å². The van der Waals surface area contributed by atoms with E-state index in [4.69, 9.17) is 15.7 Å². The van der Waals surface area contributed by atoms with Crippen molar-refractivity contribution in [3.63, 3.8) is 0 Å². The summed E-state index contributed by atoms with van der Waals surface area (Å²) < 4.78 is 3.60. The highest BCUT2D eigenvalue weighted by Crippen LogP contribution is 2.50. The van der Waals surface area contributed by atoms with E-state index in [0.717, 1.165) is 50.4 Å². The average molecular weight is 1380 g/mol. The molecule has 2 N–H and O–H groups in total. The van der Waals surface area contributed by atoms with Gasteiger partial charge in [-0.25, -0.2) is 9.98 Å². The van der Waals surface area contributed by atoms with E-state index >= 15 is 0 Å². The Bertz CT molecular complexity index is 4640. The quantitative estimate of drug-likeness (QED) is 0.0387. The van der Waals surface area contributed by atoms with Crippen LogP contribution in [0.5, 0.6) is 0 Å². The number of aliphatic imine (C=N–C) groups is 1. The summed E-state index contributed by atoms with van der Waals surface area (Å²) in [6.07, 6.45) is 0. The van der Waals surface area contributed by atoms with Crippen molar-refractivity contribution in [3.05, 3.63) is 361 Å². The first-order valence-corrected chi connectivity index (χ1v) is 33.0. The predicted octanol–water partition coefficient (Wildman–Crippen LogP) is 18.0. The zero-order valence-electron chi connectivity index (χ0n) is 51.8. The van der Waals surface area contributed by atoms with Gasteiger partial charge in [0.2, 0.25) is 5.52 Å². The van der Waals surface area contributed by atoms with Crippen LogP contribution < -0.4 is 32.2 Å². The van der Waals surface area contributed by atoms with Gasteiger partial charge in [-0.1, -0.05) is 318 Å². The van der Waals surface area contributed by atoms with Crippen molar-refractivity contribution in [2.75, 3.05) is 23.0 Å². The van der Waals surface area contributed by atoms with Crippen LogP contribution in [0.3, 0.4) is 0 Å². The molecule has 15 rings (SSSR count). The first-order valence-electron chi connectivity index (χ1n) is 30.2. The van der Waals surface area contributed by atoms with E-state index in [1.165, 1.54) is 53.1 Å². The van der Waals surface area contributed by atoms with Gasteiger partial charge in [0.25, 0.3) is 5.01 Å². The number of fused-ring (bicyclic) bond motifs is 5. The molecule has 0 bridgehead atoms. The van der Waals surface area contributed by atoms with E-state index < -0.39 is 0 Å². The number of nitrogens with two attached hydrogens (primary N) is 1. The number of aryl methyl sites for hydroxylation is 1. The number of pyridine rings is 1. The second-order valence-electron chi connectivity index (χ2n) is 21.2. The molecule has 1 atom stereocenters. The lowest BCUT2D eigenvalue weighted by molar-refractivity contribution is -0.629. The van der Waals surface area contributed by atoms with E-state index in [1.54, 1.807) is 6.92 Å². The number of carbonyl (C=O) groups excluding carboxylic acids is 2. The lowest BCUT2D eigenvalue weighted by Gasteiger charge is -2.21. The van der Waals surface area contributed by atoms with Crippen LogP contribution in [0.4, 0.5) is 17.1 Å². The molecule has 1 aliphatic heterocycles. The van der Waals surface area contributed by atoms with Gasteiger partial charge in [-0.05, 0) is 66.4 Å². The van der Waals surface area contributed by atoms with Crippen LogP contribution >= 0.6 is 39.0 Å². The molecule has 0 fully saturated rings. The fraction of sp³-hybridized carbons (Fsp3) is 0.0610. The maximum atomic E-state index is 11.0. The molecule has 14 aromatic rings. The third-order valence-electron chi connectivity index (χ3n) is 15.0. The Labute approximate surface area is 572 Å². The summed E-state index contributed by atoms with van der Waals surface area (Å²) in [7, 11) is 4.29. The number of para-hydroxylation sites is 5. The van der Waals surface area contributed by atoms with Crippen LogP contribution in [0.25, 0.3) is 53.7 Å². The van der Waals surface area contributed by atoms with Gasteiger partial charge in [0, 0.05) is 56.6 Å². The summed E-state index contributed by atoms with van der Waals surface area (Å²) in [5.41, 5.74) is 20.7. The summed E-state index contributed by atoms with van der Waals surface area (Å²) in [5, 5.41) is 5.80. The smallest absolute Gasteiger partial charge is 0.269 e. The second-order valence-corrected chi connectivity index (χ2v) is 24.0. The van der Waals surface area contributed by atoms with Crippen molar-refractivity contribution in [3.8, 4) is 21.8 Å². The summed E-state index contributed by atoms with van der Waals surface area (Å²) in [4.78, 5) is 35.0. The first kappa shape index (κ1) is 67.5. The number of carbonyl (C=O) groups is 2. The molecule has 0 saturated carbocycles. The number of aromatic nitrogens is 2. The predicted molar refractivity (Wildman–Crippen MR) is 393 cm³/mol. The number of hydrogen-bond donors (Lipinski definition) is 1. The van der Waals surface area contributed by atoms with Crippen LogP contribution in [-0.4, -0.2) is 34.6 Å². The molecule has 0 spiro atoms. The number of ketones is 2. The van der Waals surface area contributed by atoms with Gasteiger partial charge in [0.1, 0.15) is 17.1 Å². The largest absolute Gasteiger partial charge is 1.00 e. The Morgan fingerprint density at radius 3 is 1.51 bits per heavy atom. The fourth-order valence-electron chi connectivity index (χ4n) is 10.3. The van der Waals surface area contributed by atoms with Crippen LogP contribution in [-0.2, 0) is 7.05 Å². The minimum Gasteiger partial charge on any atom is -1.00 e. The first-order chi connectivity index (χ1) is 45.1. The number of rotatable bonds is 9. The summed E-state index contributed by atoms with van der Waals surface area (Å²) >= 11 is 6.87.